The molecule has 0 aliphatic rings. The fraction of sp³-hybridized carbons (Fsp3) is 0.467. The molecule has 0 saturated heterocycles. The number of hydrogen-bond acceptors (Lipinski definition) is 2. The molecule has 1 aromatic rings. The van der Waals surface area contributed by atoms with Crippen LogP contribution >= 0.6 is 0 Å². The van der Waals surface area contributed by atoms with E-state index < -0.39 is 0 Å². The van der Waals surface area contributed by atoms with E-state index in [-0.39, 0.29) is 0 Å². The Hall–Kier alpha value is -1.44. The van der Waals surface area contributed by atoms with Crippen molar-refractivity contribution in [3.63, 3.8) is 0 Å². The summed E-state index contributed by atoms with van der Waals surface area (Å²) in [5, 5.41) is 0. The summed E-state index contributed by atoms with van der Waals surface area (Å²) in [6.07, 6.45) is 4.14. The highest BCUT2D eigenvalue weighted by atomic mass is 16.5. The Balaban J connectivity index is 2.98. The monoisotopic (exact) mass is 233 g/mol. The number of hydrogen-bond donors (Lipinski definition) is 0. The Bertz CT molecular complexity index is 354. The molecular formula is C15H23NO. The predicted octanol–water partition coefficient (Wildman–Crippen LogP) is 3.96. The van der Waals surface area contributed by atoms with Crippen molar-refractivity contribution >= 4 is 11.8 Å². The van der Waals surface area contributed by atoms with Crippen LogP contribution in [0.4, 0.5) is 5.69 Å². The summed E-state index contributed by atoms with van der Waals surface area (Å²) in [5.74, 6) is 0.898. The molecule has 0 bridgehead atoms. The number of methoxy groups -OCH3 is 1. The average molecular weight is 233 g/mol. The van der Waals surface area contributed by atoms with Crippen LogP contribution in [0.15, 0.2) is 24.8 Å². The van der Waals surface area contributed by atoms with Crippen molar-refractivity contribution < 1.29 is 4.74 Å². The van der Waals surface area contributed by atoms with Gasteiger partial charge in [-0.05, 0) is 25.0 Å². The Morgan fingerprint density at radius 3 is 2.35 bits per heavy atom. The lowest BCUT2D eigenvalue weighted by Crippen LogP contribution is -2.24. The van der Waals surface area contributed by atoms with E-state index in [4.69, 9.17) is 4.74 Å². The Morgan fingerprint density at radius 1 is 1.24 bits per heavy atom. The molecule has 0 atom stereocenters. The Morgan fingerprint density at radius 2 is 1.88 bits per heavy atom. The minimum absolute atomic E-state index is 0.898. The highest BCUT2D eigenvalue weighted by Gasteiger charge is 2.07. The molecule has 0 aromatic heterocycles. The molecule has 0 fully saturated rings. The van der Waals surface area contributed by atoms with Gasteiger partial charge in [0.15, 0.2) is 0 Å². The molecule has 0 radical (unpaired) electrons. The summed E-state index contributed by atoms with van der Waals surface area (Å²) in [6, 6.07) is 6.31. The van der Waals surface area contributed by atoms with Crippen molar-refractivity contribution in [1.82, 2.24) is 0 Å². The largest absolute Gasteiger partial charge is 0.496 e. The van der Waals surface area contributed by atoms with E-state index in [0.717, 1.165) is 37.2 Å². The maximum atomic E-state index is 5.39. The van der Waals surface area contributed by atoms with Gasteiger partial charge in [0.05, 0.1) is 7.11 Å². The topological polar surface area (TPSA) is 12.5 Å². The molecule has 1 rings (SSSR count). The van der Waals surface area contributed by atoms with Crippen molar-refractivity contribution in [3.05, 3.63) is 30.3 Å². The first-order chi connectivity index (χ1) is 8.26. The fourth-order valence-electron chi connectivity index (χ4n) is 1.97. The fourth-order valence-corrected chi connectivity index (χ4v) is 1.97. The van der Waals surface area contributed by atoms with Gasteiger partial charge in [-0.1, -0.05) is 26.5 Å². The van der Waals surface area contributed by atoms with Gasteiger partial charge in [0.1, 0.15) is 5.75 Å². The van der Waals surface area contributed by atoms with Gasteiger partial charge in [0.25, 0.3) is 0 Å². The van der Waals surface area contributed by atoms with E-state index in [0.29, 0.717) is 0 Å². The number of rotatable bonds is 7. The lowest BCUT2D eigenvalue weighted by molar-refractivity contribution is 0.414. The van der Waals surface area contributed by atoms with Crippen LogP contribution in [0.5, 0.6) is 5.75 Å². The highest BCUT2D eigenvalue weighted by Crippen LogP contribution is 2.26. The zero-order chi connectivity index (χ0) is 12.7. The molecule has 17 heavy (non-hydrogen) atoms. The minimum atomic E-state index is 0.898. The summed E-state index contributed by atoms with van der Waals surface area (Å²) in [6.45, 7) is 10.4. The number of benzene rings is 1. The van der Waals surface area contributed by atoms with Gasteiger partial charge in [0.2, 0.25) is 0 Å². The second-order valence-corrected chi connectivity index (χ2v) is 4.12. The highest BCUT2D eigenvalue weighted by molar-refractivity contribution is 5.62. The minimum Gasteiger partial charge on any atom is -0.496 e. The SMILES string of the molecule is C=Cc1ccc(N(CCC)CCC)cc1OC. The van der Waals surface area contributed by atoms with Crippen LogP contribution < -0.4 is 9.64 Å². The van der Waals surface area contributed by atoms with Gasteiger partial charge in [-0.15, -0.1) is 0 Å². The van der Waals surface area contributed by atoms with E-state index in [1.807, 2.05) is 6.08 Å². The summed E-state index contributed by atoms with van der Waals surface area (Å²) < 4.78 is 5.39. The molecule has 0 N–H and O–H groups in total. The molecule has 0 saturated carbocycles. The van der Waals surface area contributed by atoms with Crippen LogP contribution in [0.25, 0.3) is 6.08 Å². The predicted molar refractivity (Wildman–Crippen MR) is 75.9 cm³/mol. The van der Waals surface area contributed by atoms with E-state index in [2.05, 4.69) is 43.5 Å². The third kappa shape index (κ3) is 3.52. The summed E-state index contributed by atoms with van der Waals surface area (Å²) in [4.78, 5) is 2.40. The lowest BCUT2D eigenvalue weighted by Gasteiger charge is -2.24. The first-order valence-corrected chi connectivity index (χ1v) is 6.32. The van der Waals surface area contributed by atoms with E-state index in [1.54, 1.807) is 7.11 Å². The van der Waals surface area contributed by atoms with Gasteiger partial charge < -0.3 is 9.64 Å². The number of nitrogens with zero attached hydrogens (tertiary/aromatic N) is 1. The molecular weight excluding hydrogens is 210 g/mol. The maximum absolute atomic E-state index is 5.39. The number of ether oxygens (including phenoxy) is 1. The molecule has 0 heterocycles. The van der Waals surface area contributed by atoms with E-state index >= 15 is 0 Å². The van der Waals surface area contributed by atoms with Crippen molar-refractivity contribution in [2.45, 2.75) is 26.7 Å². The second kappa shape index (κ2) is 7.00. The van der Waals surface area contributed by atoms with Crippen LogP contribution in [-0.4, -0.2) is 20.2 Å². The molecule has 1 aromatic carbocycles. The van der Waals surface area contributed by atoms with Crippen LogP contribution in [0, 0.1) is 0 Å². The first-order valence-electron chi connectivity index (χ1n) is 6.32. The van der Waals surface area contributed by atoms with Crippen LogP contribution in [-0.2, 0) is 0 Å². The van der Waals surface area contributed by atoms with Gasteiger partial charge in [-0.25, -0.2) is 0 Å². The quantitative estimate of drug-likeness (QED) is 0.706. The van der Waals surface area contributed by atoms with Crippen molar-refractivity contribution in [1.29, 1.82) is 0 Å². The molecule has 2 nitrogen and oxygen atoms in total. The van der Waals surface area contributed by atoms with E-state index in [1.165, 1.54) is 5.69 Å². The first kappa shape index (κ1) is 13.6. The standard InChI is InChI=1S/C15H23NO/c1-5-10-16(11-6-2)14-9-8-13(7-3)15(12-14)17-4/h7-9,12H,3,5-6,10-11H2,1-2,4H3. The van der Waals surface area contributed by atoms with E-state index in [9.17, 15) is 0 Å². The van der Waals surface area contributed by atoms with Crippen molar-refractivity contribution in [3.8, 4) is 5.75 Å². The van der Waals surface area contributed by atoms with Gasteiger partial charge in [-0.3, -0.25) is 0 Å². The molecule has 0 amide bonds. The van der Waals surface area contributed by atoms with Gasteiger partial charge in [-0.2, -0.15) is 0 Å². The Labute approximate surface area is 105 Å². The molecule has 2 heteroatoms. The van der Waals surface area contributed by atoms with Gasteiger partial charge in [0, 0.05) is 30.4 Å². The Kier molecular flexibility index (Phi) is 5.61. The zero-order valence-electron chi connectivity index (χ0n) is 11.2. The molecule has 0 spiro atoms. The van der Waals surface area contributed by atoms with Crippen LogP contribution in [0.2, 0.25) is 0 Å². The van der Waals surface area contributed by atoms with Crippen molar-refractivity contribution in [2.75, 3.05) is 25.1 Å². The molecule has 0 aliphatic carbocycles. The van der Waals surface area contributed by atoms with Crippen molar-refractivity contribution in [2.24, 2.45) is 0 Å². The zero-order valence-corrected chi connectivity index (χ0v) is 11.2. The average Bonchev–Trinajstić information content (AvgIpc) is 2.37. The summed E-state index contributed by atoms with van der Waals surface area (Å²) in [7, 11) is 1.70. The lowest BCUT2D eigenvalue weighted by atomic mass is 10.1. The van der Waals surface area contributed by atoms with Gasteiger partial charge >= 0.3 is 0 Å². The van der Waals surface area contributed by atoms with Crippen LogP contribution in [0.3, 0.4) is 0 Å². The third-order valence-electron chi connectivity index (χ3n) is 2.79. The maximum Gasteiger partial charge on any atom is 0.128 e. The summed E-state index contributed by atoms with van der Waals surface area (Å²) >= 11 is 0. The third-order valence-corrected chi connectivity index (χ3v) is 2.79. The summed E-state index contributed by atoms with van der Waals surface area (Å²) in [5.41, 5.74) is 2.28. The normalized spacial score (nSPS) is 10.1. The van der Waals surface area contributed by atoms with Crippen LogP contribution in [0.1, 0.15) is 32.3 Å². The second-order valence-electron chi connectivity index (χ2n) is 4.12. The number of anilines is 1. The molecule has 0 aliphatic heterocycles. The molecule has 94 valence electrons. The molecule has 0 unspecified atom stereocenters. The smallest absolute Gasteiger partial charge is 0.128 e.